The molecular weight excluding hydrogens is 571 g/mol. The number of hydrogen-bond acceptors (Lipinski definition) is 9. The summed E-state index contributed by atoms with van der Waals surface area (Å²) in [5.41, 5.74) is 0. The largest absolute Gasteiger partial charge is 0.420 e. The molecule has 224 valence electrons. The van der Waals surface area contributed by atoms with Crippen LogP contribution in [0.4, 0.5) is 22.0 Å². The number of likely N-dealkylation sites (tertiary alicyclic amines) is 1. The molecule has 16 heteroatoms. The van der Waals surface area contributed by atoms with E-state index < -0.39 is 58.7 Å². The van der Waals surface area contributed by atoms with Crippen LogP contribution in [0.25, 0.3) is 0 Å². The van der Waals surface area contributed by atoms with Crippen molar-refractivity contribution in [1.29, 1.82) is 0 Å². The van der Waals surface area contributed by atoms with Crippen molar-refractivity contribution in [2.75, 3.05) is 45.3 Å². The molecule has 40 heavy (non-hydrogen) atoms. The van der Waals surface area contributed by atoms with Gasteiger partial charge in [0.2, 0.25) is 46.6 Å². The minimum atomic E-state index is -2.37. The summed E-state index contributed by atoms with van der Waals surface area (Å²) in [6, 6.07) is 0. The van der Waals surface area contributed by atoms with Gasteiger partial charge in [-0.05, 0) is 6.92 Å². The molecule has 1 fully saturated rings. The first kappa shape index (κ1) is 33.4. The monoisotopic (exact) mass is 600 g/mol. The number of carbonyl (C=O) groups is 4. The fraction of sp³-hybridized carbons (Fsp3) is 0.583. The molecule has 2 atom stereocenters. The van der Waals surface area contributed by atoms with E-state index in [2.05, 4.69) is 10.1 Å². The number of amides is 2. The first-order chi connectivity index (χ1) is 18.9. The lowest BCUT2D eigenvalue weighted by Gasteiger charge is -2.20. The maximum absolute atomic E-state index is 13.5. The molecule has 1 aliphatic rings. The number of aliphatic hydroxyl groups is 1. The molecule has 0 bridgehead atoms. The zero-order chi connectivity index (χ0) is 29.8. The van der Waals surface area contributed by atoms with Crippen molar-refractivity contribution in [2.24, 2.45) is 0 Å². The highest BCUT2D eigenvalue weighted by molar-refractivity contribution is 8.00. The summed E-state index contributed by atoms with van der Waals surface area (Å²) < 4.78 is 80.8. The predicted octanol–water partition coefficient (Wildman–Crippen LogP) is 1.85. The quantitative estimate of drug-likeness (QED) is 0.0687. The van der Waals surface area contributed by atoms with Crippen LogP contribution in [0, 0.1) is 29.1 Å². The molecule has 2 amide bonds. The molecular formula is C24H29F5N2O8S. The van der Waals surface area contributed by atoms with Crippen molar-refractivity contribution in [1.82, 2.24) is 10.2 Å². The summed E-state index contributed by atoms with van der Waals surface area (Å²) in [6.07, 6.45) is -0.993. The van der Waals surface area contributed by atoms with Gasteiger partial charge in [-0.25, -0.2) is 13.2 Å². The van der Waals surface area contributed by atoms with E-state index in [0.717, 1.165) is 0 Å². The van der Waals surface area contributed by atoms with Crippen LogP contribution in [0.1, 0.15) is 32.6 Å². The molecule has 0 aliphatic carbocycles. The zero-order valence-electron chi connectivity index (χ0n) is 21.5. The number of Topliss-reactive ketones (excluding diaryl/α,β-unsaturated/α-hetero) is 1. The number of ketones is 1. The van der Waals surface area contributed by atoms with E-state index in [-0.39, 0.29) is 70.0 Å². The third-order valence-electron chi connectivity index (χ3n) is 5.47. The van der Waals surface area contributed by atoms with E-state index >= 15 is 0 Å². The SMILES string of the molecule is CC(=O)CCSC1CC(O)N(CCC(=O)NCCOCCOCCC(=O)Oc2c(F)c(F)c(F)c(F)c2F)C1=O. The van der Waals surface area contributed by atoms with Gasteiger partial charge in [0.1, 0.15) is 12.0 Å². The fourth-order valence-electron chi connectivity index (χ4n) is 3.38. The molecule has 0 aromatic heterocycles. The number of thioether (sulfide) groups is 1. The van der Waals surface area contributed by atoms with E-state index in [1.54, 1.807) is 0 Å². The van der Waals surface area contributed by atoms with Gasteiger partial charge in [-0.15, -0.1) is 11.8 Å². The lowest BCUT2D eigenvalue weighted by Crippen LogP contribution is -2.38. The number of benzene rings is 1. The number of aliphatic hydroxyl groups excluding tert-OH is 1. The highest BCUT2D eigenvalue weighted by Crippen LogP contribution is 2.30. The Morgan fingerprint density at radius 2 is 1.52 bits per heavy atom. The average molecular weight is 601 g/mol. The molecule has 10 nitrogen and oxygen atoms in total. The molecule has 1 aliphatic heterocycles. The summed E-state index contributed by atoms with van der Waals surface area (Å²) in [5.74, 6) is -14.5. The van der Waals surface area contributed by atoms with Crippen molar-refractivity contribution >= 4 is 35.3 Å². The Hall–Kier alpha value is -2.82. The first-order valence-corrected chi connectivity index (χ1v) is 13.2. The third kappa shape index (κ3) is 9.98. The Balaban J connectivity index is 1.53. The molecule has 1 aromatic carbocycles. The highest BCUT2D eigenvalue weighted by atomic mass is 32.2. The number of ether oxygens (including phenoxy) is 3. The van der Waals surface area contributed by atoms with Crippen LogP contribution in [0.5, 0.6) is 5.75 Å². The van der Waals surface area contributed by atoms with E-state index in [9.17, 15) is 46.2 Å². The smallest absolute Gasteiger partial charge is 0.313 e. The van der Waals surface area contributed by atoms with Gasteiger partial charge in [-0.2, -0.15) is 8.78 Å². The molecule has 1 heterocycles. The van der Waals surface area contributed by atoms with E-state index in [4.69, 9.17) is 9.47 Å². The lowest BCUT2D eigenvalue weighted by atomic mass is 10.2. The number of carbonyl (C=O) groups excluding carboxylic acids is 4. The summed E-state index contributed by atoms with van der Waals surface area (Å²) in [7, 11) is 0. The number of hydrogen-bond donors (Lipinski definition) is 2. The van der Waals surface area contributed by atoms with Gasteiger partial charge >= 0.3 is 5.97 Å². The third-order valence-corrected chi connectivity index (χ3v) is 6.71. The normalized spacial score (nSPS) is 16.9. The average Bonchev–Trinajstić information content (AvgIpc) is 3.18. The molecule has 2 unspecified atom stereocenters. The topological polar surface area (TPSA) is 131 Å². The Morgan fingerprint density at radius 1 is 0.925 bits per heavy atom. The van der Waals surface area contributed by atoms with E-state index in [0.29, 0.717) is 12.2 Å². The second kappa shape index (κ2) is 16.4. The van der Waals surface area contributed by atoms with Crippen LogP contribution in [-0.2, 0) is 28.7 Å². The number of rotatable bonds is 17. The lowest BCUT2D eigenvalue weighted by molar-refractivity contribution is -0.136. The summed E-state index contributed by atoms with van der Waals surface area (Å²) in [4.78, 5) is 48.3. The zero-order valence-corrected chi connectivity index (χ0v) is 22.3. The Labute approximate surface area is 230 Å². The van der Waals surface area contributed by atoms with Crippen LogP contribution in [0.15, 0.2) is 0 Å². The van der Waals surface area contributed by atoms with Crippen LogP contribution < -0.4 is 10.1 Å². The van der Waals surface area contributed by atoms with Crippen LogP contribution in [0.2, 0.25) is 0 Å². The van der Waals surface area contributed by atoms with Crippen molar-refractivity contribution in [3.8, 4) is 5.75 Å². The van der Waals surface area contributed by atoms with Gasteiger partial charge in [-0.1, -0.05) is 0 Å². The Morgan fingerprint density at radius 3 is 2.15 bits per heavy atom. The van der Waals surface area contributed by atoms with Gasteiger partial charge in [0, 0.05) is 38.1 Å². The number of nitrogens with zero attached hydrogens (tertiary/aromatic N) is 1. The van der Waals surface area contributed by atoms with Crippen LogP contribution >= 0.6 is 11.8 Å². The van der Waals surface area contributed by atoms with Crippen molar-refractivity contribution in [3.63, 3.8) is 0 Å². The highest BCUT2D eigenvalue weighted by Gasteiger charge is 2.38. The van der Waals surface area contributed by atoms with Gasteiger partial charge in [0.05, 0.1) is 38.1 Å². The second-order valence-electron chi connectivity index (χ2n) is 8.51. The fourth-order valence-corrected chi connectivity index (χ4v) is 4.66. The molecule has 1 aromatic rings. The molecule has 0 saturated carbocycles. The standard InChI is InChI=1S/C24H29F5N2O8S/c1-13(32)4-11-40-14-12-16(34)31(24(14)36)6-2-15(33)30-5-8-38-10-9-37-7-3-17(35)39-23-21(28)19(26)18(25)20(27)22(23)29/h14,16,34H,2-12H2,1H3,(H,30,33). The molecule has 0 radical (unpaired) electrons. The minimum Gasteiger partial charge on any atom is -0.420 e. The van der Waals surface area contributed by atoms with Crippen molar-refractivity contribution in [2.45, 2.75) is 44.1 Å². The molecule has 2 N–H and O–H groups in total. The van der Waals surface area contributed by atoms with Crippen LogP contribution in [0.3, 0.4) is 0 Å². The van der Waals surface area contributed by atoms with Crippen molar-refractivity contribution in [3.05, 3.63) is 29.1 Å². The Kier molecular flexibility index (Phi) is 13.7. The summed E-state index contributed by atoms with van der Waals surface area (Å²) >= 11 is 1.31. The maximum atomic E-state index is 13.5. The van der Waals surface area contributed by atoms with Gasteiger partial charge in [-0.3, -0.25) is 19.2 Å². The number of nitrogens with one attached hydrogen (secondary N) is 1. The van der Waals surface area contributed by atoms with E-state index in [1.165, 1.54) is 23.6 Å². The second-order valence-corrected chi connectivity index (χ2v) is 9.82. The maximum Gasteiger partial charge on any atom is 0.313 e. The molecule has 1 saturated heterocycles. The van der Waals surface area contributed by atoms with E-state index in [1.807, 2.05) is 0 Å². The van der Waals surface area contributed by atoms with Gasteiger partial charge < -0.3 is 29.5 Å². The minimum absolute atomic E-state index is 0.00961. The molecule has 2 rings (SSSR count). The molecule has 0 spiro atoms. The van der Waals surface area contributed by atoms with Gasteiger partial charge in [0.25, 0.3) is 0 Å². The summed E-state index contributed by atoms with van der Waals surface area (Å²) in [5, 5.41) is 12.2. The first-order valence-electron chi connectivity index (χ1n) is 12.2. The number of halogens is 5. The number of esters is 1. The Bertz CT molecular complexity index is 1050. The van der Waals surface area contributed by atoms with Crippen LogP contribution in [-0.4, -0.2) is 90.3 Å². The summed E-state index contributed by atoms with van der Waals surface area (Å²) in [6.45, 7) is 1.51. The van der Waals surface area contributed by atoms with Gasteiger partial charge in [0.15, 0.2) is 0 Å². The predicted molar refractivity (Wildman–Crippen MR) is 130 cm³/mol. The van der Waals surface area contributed by atoms with Crippen molar-refractivity contribution < 1.29 is 60.4 Å².